The Morgan fingerprint density at radius 3 is 3.00 bits per heavy atom. The van der Waals surface area contributed by atoms with E-state index in [0.29, 0.717) is 18.1 Å². The van der Waals surface area contributed by atoms with E-state index in [1.807, 2.05) is 18.5 Å². The molecule has 2 aliphatic rings. The largest absolute Gasteiger partial charge is 0.375 e. The predicted octanol–water partition coefficient (Wildman–Crippen LogP) is 1.48. The number of hydrogen-bond donors (Lipinski definition) is 0. The summed E-state index contributed by atoms with van der Waals surface area (Å²) in [6.07, 6.45) is 6.78. The van der Waals surface area contributed by atoms with E-state index in [9.17, 15) is 0 Å². The molecular weight excluding hydrogens is 202 g/mol. The molecule has 4 nitrogen and oxygen atoms in total. The molecule has 0 aromatic carbocycles. The molecule has 1 aromatic heterocycles. The van der Waals surface area contributed by atoms with Crippen LogP contribution in [0.5, 0.6) is 0 Å². The smallest absolute Gasteiger partial charge is 0.225 e. The molecule has 0 saturated carbocycles. The first-order chi connectivity index (χ1) is 7.83. The van der Waals surface area contributed by atoms with Crippen LogP contribution in [-0.2, 0) is 4.74 Å². The van der Waals surface area contributed by atoms with Gasteiger partial charge in [0.05, 0.1) is 12.2 Å². The Morgan fingerprint density at radius 1 is 1.38 bits per heavy atom. The Hall–Kier alpha value is -1.16. The van der Waals surface area contributed by atoms with Crippen LogP contribution in [0.15, 0.2) is 18.5 Å². The first-order valence-corrected chi connectivity index (χ1v) is 6.00. The minimum atomic E-state index is 0.423. The standard InChI is InChI=1S/C12H17N3O/c1-9-7-10-8-15(6-3-11(10)16-9)12-13-4-2-5-14-12/h2,4-5,9-11H,3,6-8H2,1H3/t9-,10-,11-/m0/s1. The van der Waals surface area contributed by atoms with Gasteiger partial charge in [0.15, 0.2) is 0 Å². The Bertz CT molecular complexity index is 357. The van der Waals surface area contributed by atoms with Crippen molar-refractivity contribution in [1.82, 2.24) is 9.97 Å². The Labute approximate surface area is 95.7 Å². The summed E-state index contributed by atoms with van der Waals surface area (Å²) in [5.74, 6) is 1.52. The third-order valence-electron chi connectivity index (χ3n) is 3.54. The van der Waals surface area contributed by atoms with Gasteiger partial charge in [0.1, 0.15) is 0 Å². The zero-order valence-electron chi connectivity index (χ0n) is 9.54. The van der Waals surface area contributed by atoms with Gasteiger partial charge in [-0.1, -0.05) is 0 Å². The third kappa shape index (κ3) is 1.78. The minimum absolute atomic E-state index is 0.423. The van der Waals surface area contributed by atoms with Crippen molar-refractivity contribution in [2.45, 2.75) is 32.0 Å². The molecule has 0 N–H and O–H groups in total. The van der Waals surface area contributed by atoms with Crippen molar-refractivity contribution in [2.75, 3.05) is 18.0 Å². The zero-order chi connectivity index (χ0) is 11.0. The summed E-state index contributed by atoms with van der Waals surface area (Å²) >= 11 is 0. The molecule has 16 heavy (non-hydrogen) atoms. The van der Waals surface area contributed by atoms with Gasteiger partial charge in [-0.2, -0.15) is 0 Å². The monoisotopic (exact) mass is 219 g/mol. The van der Waals surface area contributed by atoms with Gasteiger partial charge < -0.3 is 9.64 Å². The van der Waals surface area contributed by atoms with Crippen LogP contribution in [0.2, 0.25) is 0 Å². The molecule has 2 fully saturated rings. The summed E-state index contributed by atoms with van der Waals surface area (Å²) < 4.78 is 5.88. The van der Waals surface area contributed by atoms with Crippen molar-refractivity contribution in [3.05, 3.63) is 18.5 Å². The third-order valence-corrected chi connectivity index (χ3v) is 3.54. The predicted molar refractivity (Wildman–Crippen MR) is 61.3 cm³/mol. The molecule has 0 unspecified atom stereocenters. The van der Waals surface area contributed by atoms with Crippen LogP contribution in [0, 0.1) is 5.92 Å². The molecule has 3 heterocycles. The summed E-state index contributed by atoms with van der Waals surface area (Å²) in [5, 5.41) is 0. The molecular formula is C12H17N3O. The maximum absolute atomic E-state index is 5.88. The number of piperidine rings is 1. The Balaban J connectivity index is 1.72. The highest BCUT2D eigenvalue weighted by atomic mass is 16.5. The number of ether oxygens (including phenoxy) is 1. The summed E-state index contributed by atoms with van der Waals surface area (Å²) in [6.45, 7) is 4.22. The lowest BCUT2D eigenvalue weighted by Gasteiger charge is -2.33. The molecule has 0 amide bonds. The fourth-order valence-corrected chi connectivity index (χ4v) is 2.83. The van der Waals surface area contributed by atoms with Crippen molar-refractivity contribution in [2.24, 2.45) is 5.92 Å². The highest BCUT2D eigenvalue weighted by Crippen LogP contribution is 2.33. The minimum Gasteiger partial charge on any atom is -0.375 e. The van der Waals surface area contributed by atoms with E-state index >= 15 is 0 Å². The summed E-state index contributed by atoms with van der Waals surface area (Å²) in [4.78, 5) is 10.9. The van der Waals surface area contributed by atoms with Crippen LogP contribution in [0.1, 0.15) is 19.8 Å². The summed E-state index contributed by atoms with van der Waals surface area (Å²) in [5.41, 5.74) is 0. The first kappa shape index (κ1) is 10.0. The average Bonchev–Trinajstić information content (AvgIpc) is 2.69. The fourth-order valence-electron chi connectivity index (χ4n) is 2.83. The molecule has 3 atom stereocenters. The van der Waals surface area contributed by atoms with Crippen molar-refractivity contribution in [3.8, 4) is 0 Å². The van der Waals surface area contributed by atoms with Gasteiger partial charge in [-0.15, -0.1) is 0 Å². The first-order valence-electron chi connectivity index (χ1n) is 6.00. The number of nitrogens with zero attached hydrogens (tertiary/aromatic N) is 3. The van der Waals surface area contributed by atoms with Crippen molar-refractivity contribution in [1.29, 1.82) is 0 Å². The molecule has 3 rings (SSSR count). The molecule has 0 radical (unpaired) electrons. The van der Waals surface area contributed by atoms with Crippen LogP contribution in [0.3, 0.4) is 0 Å². The van der Waals surface area contributed by atoms with Gasteiger partial charge in [0, 0.05) is 31.4 Å². The van der Waals surface area contributed by atoms with E-state index in [1.54, 1.807) is 0 Å². The van der Waals surface area contributed by atoms with Crippen LogP contribution in [0.25, 0.3) is 0 Å². The molecule has 0 spiro atoms. The van der Waals surface area contributed by atoms with E-state index in [2.05, 4.69) is 21.8 Å². The zero-order valence-corrected chi connectivity index (χ0v) is 9.54. The van der Waals surface area contributed by atoms with Crippen molar-refractivity contribution in [3.63, 3.8) is 0 Å². The van der Waals surface area contributed by atoms with Crippen LogP contribution >= 0.6 is 0 Å². The van der Waals surface area contributed by atoms with E-state index in [1.165, 1.54) is 6.42 Å². The van der Waals surface area contributed by atoms with Gasteiger partial charge in [-0.05, 0) is 25.8 Å². The second-order valence-corrected chi connectivity index (χ2v) is 4.76. The lowest BCUT2D eigenvalue weighted by atomic mass is 9.93. The topological polar surface area (TPSA) is 38.2 Å². The summed E-state index contributed by atoms with van der Waals surface area (Å²) in [7, 11) is 0. The van der Waals surface area contributed by atoms with Crippen molar-refractivity contribution >= 4 is 5.95 Å². The Kier molecular flexibility index (Phi) is 2.52. The van der Waals surface area contributed by atoms with E-state index in [4.69, 9.17) is 4.74 Å². The number of rotatable bonds is 1. The number of anilines is 1. The van der Waals surface area contributed by atoms with Gasteiger partial charge >= 0.3 is 0 Å². The fraction of sp³-hybridized carbons (Fsp3) is 0.667. The quantitative estimate of drug-likeness (QED) is 0.717. The summed E-state index contributed by atoms with van der Waals surface area (Å²) in [6, 6.07) is 1.86. The lowest BCUT2D eigenvalue weighted by Crippen LogP contribution is -2.42. The lowest BCUT2D eigenvalue weighted by molar-refractivity contribution is 0.0345. The molecule has 4 heteroatoms. The van der Waals surface area contributed by atoms with Gasteiger partial charge in [-0.25, -0.2) is 9.97 Å². The molecule has 0 bridgehead atoms. The highest BCUT2D eigenvalue weighted by molar-refractivity contribution is 5.29. The molecule has 2 aliphatic heterocycles. The number of aromatic nitrogens is 2. The SMILES string of the molecule is C[C@H]1C[C@H]2CN(c3ncccn3)CC[C@@H]2O1. The Morgan fingerprint density at radius 2 is 2.19 bits per heavy atom. The maximum Gasteiger partial charge on any atom is 0.225 e. The number of fused-ring (bicyclic) bond motifs is 1. The van der Waals surface area contributed by atoms with Crippen LogP contribution in [0.4, 0.5) is 5.95 Å². The van der Waals surface area contributed by atoms with Crippen LogP contribution < -0.4 is 4.90 Å². The van der Waals surface area contributed by atoms with Crippen molar-refractivity contribution < 1.29 is 4.74 Å². The van der Waals surface area contributed by atoms with Gasteiger partial charge in [0.2, 0.25) is 5.95 Å². The highest BCUT2D eigenvalue weighted by Gasteiger charge is 2.37. The molecule has 86 valence electrons. The molecule has 0 aliphatic carbocycles. The van der Waals surface area contributed by atoms with E-state index in [-0.39, 0.29) is 0 Å². The number of hydrogen-bond acceptors (Lipinski definition) is 4. The second kappa shape index (κ2) is 4.01. The normalized spacial score (nSPS) is 33.8. The average molecular weight is 219 g/mol. The maximum atomic E-state index is 5.88. The molecule has 2 saturated heterocycles. The second-order valence-electron chi connectivity index (χ2n) is 4.76. The van der Waals surface area contributed by atoms with Gasteiger partial charge in [-0.3, -0.25) is 0 Å². The van der Waals surface area contributed by atoms with Crippen LogP contribution in [-0.4, -0.2) is 35.3 Å². The van der Waals surface area contributed by atoms with E-state index in [0.717, 1.165) is 25.5 Å². The molecule has 1 aromatic rings. The van der Waals surface area contributed by atoms with E-state index < -0.39 is 0 Å². The van der Waals surface area contributed by atoms with Gasteiger partial charge in [0.25, 0.3) is 0 Å².